The lowest BCUT2D eigenvalue weighted by Gasteiger charge is -2.06. The third-order valence-electron chi connectivity index (χ3n) is 3.13. The Morgan fingerprint density at radius 2 is 2.10 bits per heavy atom. The Kier molecular flexibility index (Phi) is 4.51. The van der Waals surface area contributed by atoms with Crippen molar-refractivity contribution in [1.29, 1.82) is 0 Å². The van der Waals surface area contributed by atoms with E-state index in [0.717, 1.165) is 29.5 Å². The van der Waals surface area contributed by atoms with Crippen LogP contribution in [0.3, 0.4) is 0 Å². The number of nitrogens with zero attached hydrogens (tertiary/aromatic N) is 2. The lowest BCUT2D eigenvalue weighted by atomic mass is 10.1. The minimum atomic E-state index is -0.278. The van der Waals surface area contributed by atoms with E-state index in [1.165, 1.54) is 11.3 Å². The van der Waals surface area contributed by atoms with E-state index in [0.29, 0.717) is 15.4 Å². The molecule has 0 saturated carbocycles. The van der Waals surface area contributed by atoms with Crippen LogP contribution in [-0.2, 0) is 12.8 Å². The normalized spacial score (nSPS) is 10.9. The Hall–Kier alpha value is -1.73. The number of hydrogen-bond acceptors (Lipinski definition) is 6. The Morgan fingerprint density at radius 1 is 1.35 bits per heavy atom. The van der Waals surface area contributed by atoms with Gasteiger partial charge in [-0.1, -0.05) is 13.8 Å². The number of anilines is 1. The molecule has 20 heavy (non-hydrogen) atoms. The molecule has 0 aliphatic carbocycles. The number of carbonyl (C=O) groups is 1. The van der Waals surface area contributed by atoms with Crippen LogP contribution in [0.5, 0.6) is 0 Å². The highest BCUT2D eigenvalue weighted by Gasteiger charge is 2.20. The summed E-state index contributed by atoms with van der Waals surface area (Å²) in [7, 11) is 0. The summed E-state index contributed by atoms with van der Waals surface area (Å²) in [4.78, 5) is 13.1. The molecular weight excluding hydrogens is 276 g/mol. The van der Waals surface area contributed by atoms with Gasteiger partial charge in [0, 0.05) is 11.9 Å². The zero-order valence-electron chi connectivity index (χ0n) is 11.6. The van der Waals surface area contributed by atoms with Crippen LogP contribution in [0.25, 0.3) is 10.2 Å². The van der Waals surface area contributed by atoms with E-state index in [2.05, 4.69) is 15.5 Å². The molecule has 0 aliphatic rings. The fourth-order valence-corrected chi connectivity index (χ4v) is 3.17. The first kappa shape index (κ1) is 14.7. The Balaban J connectivity index is 2.55. The predicted octanol–water partition coefficient (Wildman–Crippen LogP) is 1.12. The van der Waals surface area contributed by atoms with Crippen LogP contribution in [0.4, 0.5) is 5.69 Å². The molecule has 7 heteroatoms. The molecule has 6 nitrogen and oxygen atoms in total. The van der Waals surface area contributed by atoms with Gasteiger partial charge in [0.05, 0.1) is 18.0 Å². The lowest BCUT2D eigenvalue weighted by molar-refractivity contribution is 0.0949. The van der Waals surface area contributed by atoms with Crippen LogP contribution in [0.2, 0.25) is 0 Å². The number of thiophene rings is 1. The number of hydrogen-bond donors (Lipinski definition) is 3. The molecule has 108 valence electrons. The van der Waals surface area contributed by atoms with E-state index in [1.807, 2.05) is 13.8 Å². The van der Waals surface area contributed by atoms with Crippen molar-refractivity contribution in [3.05, 3.63) is 16.1 Å². The molecular formula is C13H18N4O2S. The maximum Gasteiger partial charge on any atom is 0.263 e. The van der Waals surface area contributed by atoms with Crippen LogP contribution < -0.4 is 11.1 Å². The van der Waals surface area contributed by atoms with Crippen molar-refractivity contribution in [3.63, 3.8) is 0 Å². The second kappa shape index (κ2) is 6.15. The number of aromatic nitrogens is 2. The van der Waals surface area contributed by atoms with Crippen LogP contribution in [0.1, 0.15) is 34.8 Å². The van der Waals surface area contributed by atoms with Gasteiger partial charge in [-0.3, -0.25) is 4.79 Å². The number of nitrogens with one attached hydrogen (secondary N) is 1. The molecule has 0 radical (unpaired) electrons. The van der Waals surface area contributed by atoms with Gasteiger partial charge < -0.3 is 16.2 Å². The smallest absolute Gasteiger partial charge is 0.263 e. The third-order valence-corrected chi connectivity index (χ3v) is 4.22. The van der Waals surface area contributed by atoms with Crippen molar-refractivity contribution in [2.75, 3.05) is 18.9 Å². The van der Waals surface area contributed by atoms with Crippen LogP contribution >= 0.6 is 11.3 Å². The molecule has 0 unspecified atom stereocenters. The molecule has 0 bridgehead atoms. The number of aliphatic hydroxyl groups excluding tert-OH is 1. The quantitative estimate of drug-likeness (QED) is 0.767. The summed E-state index contributed by atoms with van der Waals surface area (Å²) in [6.07, 6.45) is 1.58. The molecule has 0 atom stereocenters. The molecule has 0 aliphatic heterocycles. The van der Waals surface area contributed by atoms with Gasteiger partial charge in [0.1, 0.15) is 9.71 Å². The first-order valence-corrected chi connectivity index (χ1v) is 7.41. The minimum Gasteiger partial charge on any atom is -0.397 e. The van der Waals surface area contributed by atoms with E-state index in [4.69, 9.17) is 10.8 Å². The molecule has 2 rings (SSSR count). The van der Waals surface area contributed by atoms with E-state index in [-0.39, 0.29) is 19.1 Å². The summed E-state index contributed by atoms with van der Waals surface area (Å²) in [6.45, 7) is 4.17. The van der Waals surface area contributed by atoms with Crippen LogP contribution in [-0.4, -0.2) is 34.4 Å². The van der Waals surface area contributed by atoms with Gasteiger partial charge in [-0.2, -0.15) is 5.10 Å². The van der Waals surface area contributed by atoms with Crippen molar-refractivity contribution in [2.45, 2.75) is 26.7 Å². The lowest BCUT2D eigenvalue weighted by Crippen LogP contribution is -2.26. The third kappa shape index (κ3) is 2.46. The van der Waals surface area contributed by atoms with Gasteiger partial charge in [-0.15, -0.1) is 16.4 Å². The zero-order chi connectivity index (χ0) is 14.7. The topological polar surface area (TPSA) is 101 Å². The van der Waals surface area contributed by atoms with Crippen molar-refractivity contribution in [1.82, 2.24) is 15.5 Å². The van der Waals surface area contributed by atoms with Crippen LogP contribution in [0.15, 0.2) is 0 Å². The maximum absolute atomic E-state index is 12.0. The average molecular weight is 294 g/mol. The number of fused-ring (bicyclic) bond motifs is 1. The van der Waals surface area contributed by atoms with Gasteiger partial charge in [-0.05, 0) is 18.4 Å². The maximum atomic E-state index is 12.0. The fourth-order valence-electron chi connectivity index (χ4n) is 2.19. The summed E-state index contributed by atoms with van der Waals surface area (Å²) in [6, 6.07) is 0. The minimum absolute atomic E-state index is 0.101. The molecule has 0 spiro atoms. The number of rotatable bonds is 5. The second-order valence-electron chi connectivity index (χ2n) is 4.34. The van der Waals surface area contributed by atoms with Gasteiger partial charge in [0.25, 0.3) is 5.91 Å². The Morgan fingerprint density at radius 3 is 2.70 bits per heavy atom. The Labute approximate surface area is 121 Å². The highest BCUT2D eigenvalue weighted by atomic mass is 32.1. The first-order chi connectivity index (χ1) is 9.63. The van der Waals surface area contributed by atoms with Crippen molar-refractivity contribution >= 4 is 33.1 Å². The van der Waals surface area contributed by atoms with E-state index in [9.17, 15) is 4.79 Å². The van der Waals surface area contributed by atoms with Crippen molar-refractivity contribution in [3.8, 4) is 0 Å². The number of aliphatic hydroxyl groups is 1. The summed E-state index contributed by atoms with van der Waals surface area (Å²) >= 11 is 1.24. The zero-order valence-corrected chi connectivity index (χ0v) is 12.4. The molecule has 2 aromatic heterocycles. The standard InChI is InChI=1S/C13H18N4O2S/c1-3-7-8(4-2)16-17-13-9(7)10(14)11(20-13)12(19)15-5-6-18/h18H,3-6,14H2,1-2H3,(H,15,19). The predicted molar refractivity (Wildman–Crippen MR) is 80.0 cm³/mol. The van der Waals surface area contributed by atoms with Gasteiger partial charge >= 0.3 is 0 Å². The van der Waals surface area contributed by atoms with Crippen LogP contribution in [0, 0.1) is 0 Å². The summed E-state index contributed by atoms with van der Waals surface area (Å²) in [5.41, 5.74) is 8.58. The van der Waals surface area contributed by atoms with Gasteiger partial charge in [0.2, 0.25) is 0 Å². The Bertz CT molecular complexity index is 639. The molecule has 2 aromatic rings. The fraction of sp³-hybridized carbons (Fsp3) is 0.462. The monoisotopic (exact) mass is 294 g/mol. The SMILES string of the molecule is CCc1nnc2sc(C(=O)NCCO)c(N)c2c1CC. The van der Waals surface area contributed by atoms with Crippen molar-refractivity contribution < 1.29 is 9.90 Å². The molecule has 1 amide bonds. The highest BCUT2D eigenvalue weighted by Crippen LogP contribution is 2.35. The van der Waals surface area contributed by atoms with Crippen molar-refractivity contribution in [2.24, 2.45) is 0 Å². The average Bonchev–Trinajstić information content (AvgIpc) is 2.81. The van der Waals surface area contributed by atoms with E-state index < -0.39 is 0 Å². The summed E-state index contributed by atoms with van der Waals surface area (Å²) in [5, 5.41) is 20.6. The molecule has 0 fully saturated rings. The van der Waals surface area contributed by atoms with Gasteiger partial charge in [0.15, 0.2) is 0 Å². The molecule has 0 aromatic carbocycles. The molecule has 0 saturated heterocycles. The molecule has 2 heterocycles. The van der Waals surface area contributed by atoms with E-state index >= 15 is 0 Å². The first-order valence-electron chi connectivity index (χ1n) is 6.59. The molecule has 4 N–H and O–H groups in total. The number of aryl methyl sites for hydroxylation is 2. The number of carbonyl (C=O) groups excluding carboxylic acids is 1. The highest BCUT2D eigenvalue weighted by molar-refractivity contribution is 7.21. The van der Waals surface area contributed by atoms with Gasteiger partial charge in [-0.25, -0.2) is 0 Å². The largest absolute Gasteiger partial charge is 0.397 e. The summed E-state index contributed by atoms with van der Waals surface area (Å²) < 4.78 is 0. The number of nitrogens with two attached hydrogens (primary N) is 1. The van der Waals surface area contributed by atoms with E-state index in [1.54, 1.807) is 0 Å². The second-order valence-corrected chi connectivity index (χ2v) is 5.34. The number of nitrogen functional groups attached to an aromatic ring is 1. The summed E-state index contributed by atoms with van der Waals surface area (Å²) in [5.74, 6) is -0.278. The number of amides is 1.